The highest BCUT2D eigenvalue weighted by Crippen LogP contribution is 2.43. The molecule has 0 aliphatic carbocycles. The lowest BCUT2D eigenvalue weighted by atomic mass is 10.1. The molecule has 3 heterocycles. The van der Waals surface area contributed by atoms with E-state index in [0.29, 0.717) is 17.5 Å². The molecule has 0 unspecified atom stereocenters. The van der Waals surface area contributed by atoms with Gasteiger partial charge in [0.2, 0.25) is 0 Å². The Balaban J connectivity index is 1.25. The zero-order valence-electron chi connectivity index (χ0n) is 23.6. The maximum absolute atomic E-state index is 4.93. The smallest absolute Gasteiger partial charge is 0.164 e. The Morgan fingerprint density at radius 1 is 0.409 bits per heavy atom. The molecule has 44 heavy (non-hydrogen) atoms. The summed E-state index contributed by atoms with van der Waals surface area (Å²) in [7, 11) is 0. The number of hydrogen-bond donors (Lipinski definition) is 0. The topological polar surface area (TPSA) is 43.6 Å². The number of rotatable bonds is 4. The molecule has 0 N–H and O–H groups in total. The molecule has 5 heteroatoms. The fraction of sp³-hybridized carbons (Fsp3) is 0. The van der Waals surface area contributed by atoms with E-state index < -0.39 is 0 Å². The number of para-hydroxylation sites is 1. The summed E-state index contributed by atoms with van der Waals surface area (Å²) in [4.78, 5) is 14.7. The summed E-state index contributed by atoms with van der Waals surface area (Å²) >= 11 is 1.85. The largest absolute Gasteiger partial charge is 0.309 e. The van der Waals surface area contributed by atoms with Crippen LogP contribution in [0.15, 0.2) is 146 Å². The minimum absolute atomic E-state index is 0.651. The second-order valence-corrected chi connectivity index (χ2v) is 12.0. The van der Waals surface area contributed by atoms with Gasteiger partial charge >= 0.3 is 0 Å². The van der Waals surface area contributed by atoms with Gasteiger partial charge in [0.25, 0.3) is 0 Å². The summed E-state index contributed by atoms with van der Waals surface area (Å²) in [6.07, 6.45) is 0. The summed E-state index contributed by atoms with van der Waals surface area (Å²) in [6, 6.07) is 50.8. The fourth-order valence-electron chi connectivity index (χ4n) is 6.23. The molecule has 0 atom stereocenters. The van der Waals surface area contributed by atoms with Crippen LogP contribution in [0.25, 0.3) is 81.8 Å². The van der Waals surface area contributed by atoms with Gasteiger partial charge in [0.05, 0.1) is 11.0 Å². The lowest BCUT2D eigenvalue weighted by Gasteiger charge is -2.11. The van der Waals surface area contributed by atoms with Crippen LogP contribution in [-0.4, -0.2) is 19.5 Å². The lowest BCUT2D eigenvalue weighted by Crippen LogP contribution is -2.00. The van der Waals surface area contributed by atoms with E-state index in [1.54, 1.807) is 0 Å². The van der Waals surface area contributed by atoms with Gasteiger partial charge in [-0.15, -0.1) is 11.3 Å². The summed E-state index contributed by atoms with van der Waals surface area (Å²) in [5.74, 6) is 1.97. The highest BCUT2D eigenvalue weighted by Gasteiger charge is 2.18. The fourth-order valence-corrected chi connectivity index (χ4v) is 7.34. The Kier molecular flexibility index (Phi) is 5.64. The van der Waals surface area contributed by atoms with Crippen molar-refractivity contribution in [3.63, 3.8) is 0 Å². The third-order valence-electron chi connectivity index (χ3n) is 8.26. The number of aromatic nitrogens is 4. The van der Waals surface area contributed by atoms with Crippen LogP contribution in [0, 0.1) is 0 Å². The molecular weight excluding hydrogens is 557 g/mol. The van der Waals surface area contributed by atoms with Crippen LogP contribution in [0.4, 0.5) is 0 Å². The van der Waals surface area contributed by atoms with E-state index in [-0.39, 0.29) is 0 Å². The molecule has 4 nitrogen and oxygen atoms in total. The highest BCUT2D eigenvalue weighted by atomic mass is 32.1. The first kappa shape index (κ1) is 24.9. The van der Waals surface area contributed by atoms with Crippen molar-refractivity contribution in [1.82, 2.24) is 19.5 Å². The molecule has 0 amide bonds. The van der Waals surface area contributed by atoms with Crippen molar-refractivity contribution in [3.8, 4) is 39.9 Å². The highest BCUT2D eigenvalue weighted by molar-refractivity contribution is 7.26. The molecule has 0 saturated heterocycles. The Morgan fingerprint density at radius 3 is 1.61 bits per heavy atom. The monoisotopic (exact) mass is 580 g/mol. The number of fused-ring (bicyclic) bond motifs is 7. The van der Waals surface area contributed by atoms with Crippen molar-refractivity contribution in [2.45, 2.75) is 0 Å². The standard InChI is InChI=1S/C39H24N4S/c1-3-11-25(12-4-1)37-40-38(26-13-5-2-6-14-26)42-39(41-37)27-19-21-28(22-20-27)43-32-17-9-7-15-29(32)30-23-24-34-35(36(30)43)31-16-8-10-18-33(31)44-34/h1-24H. The van der Waals surface area contributed by atoms with Crippen LogP contribution in [0.3, 0.4) is 0 Å². The molecule has 0 radical (unpaired) electrons. The van der Waals surface area contributed by atoms with Crippen LogP contribution in [0.5, 0.6) is 0 Å². The summed E-state index contributed by atoms with van der Waals surface area (Å²) in [5, 5.41) is 5.12. The summed E-state index contributed by atoms with van der Waals surface area (Å²) in [5.41, 5.74) is 6.40. The first-order chi connectivity index (χ1) is 21.8. The van der Waals surface area contributed by atoms with Gasteiger partial charge < -0.3 is 4.57 Å². The average molecular weight is 581 g/mol. The minimum atomic E-state index is 0.651. The van der Waals surface area contributed by atoms with Gasteiger partial charge in [0.1, 0.15) is 0 Å². The molecule has 9 aromatic rings. The third kappa shape index (κ3) is 3.94. The van der Waals surface area contributed by atoms with Crippen molar-refractivity contribution in [2.75, 3.05) is 0 Å². The zero-order chi connectivity index (χ0) is 29.0. The summed E-state index contributed by atoms with van der Waals surface area (Å²) in [6.45, 7) is 0. The second-order valence-electron chi connectivity index (χ2n) is 10.9. The van der Waals surface area contributed by atoms with E-state index in [1.165, 1.54) is 42.0 Å². The normalized spacial score (nSPS) is 11.6. The van der Waals surface area contributed by atoms with Gasteiger partial charge in [-0.25, -0.2) is 15.0 Å². The van der Waals surface area contributed by atoms with Crippen LogP contribution in [0.2, 0.25) is 0 Å². The lowest BCUT2D eigenvalue weighted by molar-refractivity contribution is 1.07. The predicted octanol–water partition coefficient (Wildman–Crippen LogP) is 10.3. The van der Waals surface area contributed by atoms with Crippen molar-refractivity contribution in [1.29, 1.82) is 0 Å². The number of nitrogens with zero attached hydrogens (tertiary/aromatic N) is 4. The van der Waals surface area contributed by atoms with E-state index in [0.717, 1.165) is 22.4 Å². The van der Waals surface area contributed by atoms with Crippen LogP contribution in [-0.2, 0) is 0 Å². The predicted molar refractivity (Wildman–Crippen MR) is 183 cm³/mol. The molecule has 0 fully saturated rings. The first-order valence-corrected chi connectivity index (χ1v) is 15.4. The maximum Gasteiger partial charge on any atom is 0.164 e. The minimum Gasteiger partial charge on any atom is -0.309 e. The van der Waals surface area contributed by atoms with Crippen LogP contribution < -0.4 is 0 Å². The zero-order valence-corrected chi connectivity index (χ0v) is 24.4. The molecule has 9 rings (SSSR count). The Hall–Kier alpha value is -5.65. The number of hydrogen-bond acceptors (Lipinski definition) is 4. The van der Waals surface area contributed by atoms with Crippen molar-refractivity contribution >= 4 is 53.3 Å². The average Bonchev–Trinajstić information content (AvgIpc) is 3.65. The molecular formula is C39H24N4S. The van der Waals surface area contributed by atoms with Crippen molar-refractivity contribution < 1.29 is 0 Å². The van der Waals surface area contributed by atoms with Gasteiger partial charge in [-0.3, -0.25) is 0 Å². The Labute approximate surface area is 257 Å². The van der Waals surface area contributed by atoms with Crippen molar-refractivity contribution in [3.05, 3.63) is 146 Å². The van der Waals surface area contributed by atoms with Gasteiger partial charge in [-0.2, -0.15) is 0 Å². The van der Waals surface area contributed by atoms with Crippen molar-refractivity contribution in [2.24, 2.45) is 0 Å². The molecule has 206 valence electrons. The third-order valence-corrected chi connectivity index (χ3v) is 9.39. The van der Waals surface area contributed by atoms with Crippen LogP contribution in [0.1, 0.15) is 0 Å². The van der Waals surface area contributed by atoms with E-state index in [9.17, 15) is 0 Å². The Bertz CT molecular complexity index is 2420. The molecule has 0 bridgehead atoms. The van der Waals surface area contributed by atoms with Crippen LogP contribution >= 0.6 is 11.3 Å². The van der Waals surface area contributed by atoms with Gasteiger partial charge in [0.15, 0.2) is 17.5 Å². The molecule has 0 spiro atoms. The van der Waals surface area contributed by atoms with E-state index >= 15 is 0 Å². The second kappa shape index (κ2) is 9.97. The molecule has 0 saturated carbocycles. The van der Waals surface area contributed by atoms with E-state index in [4.69, 9.17) is 15.0 Å². The molecule has 6 aromatic carbocycles. The Morgan fingerprint density at radius 2 is 0.955 bits per heavy atom. The van der Waals surface area contributed by atoms with E-state index in [2.05, 4.69) is 89.5 Å². The van der Waals surface area contributed by atoms with Gasteiger partial charge in [-0.05, 0) is 42.5 Å². The quantitative estimate of drug-likeness (QED) is 0.208. The SMILES string of the molecule is c1ccc(-c2nc(-c3ccccc3)nc(-c3ccc(-n4c5ccccc5c5ccc6sc7ccccc7c6c54)cc3)n2)cc1. The maximum atomic E-state index is 4.93. The first-order valence-electron chi connectivity index (χ1n) is 14.6. The van der Waals surface area contributed by atoms with E-state index in [1.807, 2.05) is 72.0 Å². The van der Waals surface area contributed by atoms with Gasteiger partial charge in [-0.1, -0.05) is 103 Å². The number of thiophene rings is 1. The molecule has 3 aromatic heterocycles. The molecule has 0 aliphatic heterocycles. The van der Waals surface area contributed by atoms with Gasteiger partial charge in [0, 0.05) is 53.3 Å². The molecule has 0 aliphatic rings. The summed E-state index contributed by atoms with van der Waals surface area (Å²) < 4.78 is 5.01. The number of benzene rings is 6.